The topological polar surface area (TPSA) is 123 Å². The zero-order chi connectivity index (χ0) is 20.6. The van der Waals surface area contributed by atoms with Gasteiger partial charge in [0.25, 0.3) is 0 Å². The first-order valence-corrected chi connectivity index (χ1v) is 9.73. The quantitative estimate of drug-likeness (QED) is 0.720. The van der Waals surface area contributed by atoms with E-state index in [2.05, 4.69) is 39.1 Å². The Morgan fingerprint density at radius 1 is 1.17 bits per heavy atom. The van der Waals surface area contributed by atoms with Crippen molar-refractivity contribution < 1.29 is 4.48 Å². The number of aliphatic imine (C=N–C) groups is 1. The van der Waals surface area contributed by atoms with Crippen LogP contribution in [0.25, 0.3) is 0 Å². The number of fused-ring (bicyclic) bond motifs is 1. The van der Waals surface area contributed by atoms with Crippen LogP contribution in [0.1, 0.15) is 12.7 Å². The normalized spacial score (nSPS) is 19.8. The Morgan fingerprint density at radius 2 is 1.93 bits per heavy atom. The predicted molar refractivity (Wildman–Crippen MR) is 116 cm³/mol. The molecule has 2 aromatic heterocycles. The third kappa shape index (κ3) is 3.70. The number of nitrogens with two attached hydrogens (primary N) is 2. The molecule has 2 aromatic rings. The highest BCUT2D eigenvalue weighted by Crippen LogP contribution is 2.31. The van der Waals surface area contributed by atoms with Gasteiger partial charge in [-0.1, -0.05) is 0 Å². The summed E-state index contributed by atoms with van der Waals surface area (Å²) in [7, 11) is 4.46. The SMILES string of the molecule is CCN=c1ccnc2n1N=CC2=Nc1nc(N2CC[N+](C)(C)CC2)c(N)cc1N. The molecular weight excluding hydrogens is 368 g/mol. The van der Waals surface area contributed by atoms with Crippen LogP contribution in [0.5, 0.6) is 0 Å². The maximum Gasteiger partial charge on any atom is 0.183 e. The Balaban J connectivity index is 1.71. The molecule has 1 saturated heterocycles. The molecule has 10 heteroatoms. The van der Waals surface area contributed by atoms with Crippen LogP contribution >= 0.6 is 0 Å². The van der Waals surface area contributed by atoms with Crippen molar-refractivity contribution in [3.8, 4) is 0 Å². The molecule has 0 atom stereocenters. The van der Waals surface area contributed by atoms with Crippen LogP contribution < -0.4 is 21.9 Å². The van der Waals surface area contributed by atoms with Crippen molar-refractivity contribution in [2.24, 2.45) is 15.1 Å². The van der Waals surface area contributed by atoms with Gasteiger partial charge in [0.05, 0.1) is 57.9 Å². The van der Waals surface area contributed by atoms with Gasteiger partial charge in [-0.05, 0) is 13.0 Å². The third-order valence-corrected chi connectivity index (χ3v) is 5.20. The van der Waals surface area contributed by atoms with Crippen molar-refractivity contribution in [3.63, 3.8) is 0 Å². The molecular formula is C19H27N10+. The molecule has 0 aromatic carbocycles. The number of nitrogen functional groups attached to an aromatic ring is 2. The molecule has 0 spiro atoms. The molecule has 2 aliphatic rings. The number of anilines is 3. The first-order chi connectivity index (χ1) is 13.9. The number of rotatable bonds is 3. The van der Waals surface area contributed by atoms with Crippen LogP contribution in [0.2, 0.25) is 0 Å². The van der Waals surface area contributed by atoms with Crippen molar-refractivity contribution in [2.45, 2.75) is 6.92 Å². The number of nitrogens with zero attached hydrogens (tertiary/aromatic N) is 8. The smallest absolute Gasteiger partial charge is 0.183 e. The molecule has 2 aliphatic heterocycles. The lowest BCUT2D eigenvalue weighted by atomic mass is 10.2. The van der Waals surface area contributed by atoms with Crippen molar-refractivity contribution >= 4 is 34.9 Å². The van der Waals surface area contributed by atoms with E-state index in [0.717, 1.165) is 42.0 Å². The molecule has 4 N–H and O–H groups in total. The van der Waals surface area contributed by atoms with Gasteiger partial charge in [0.2, 0.25) is 0 Å². The van der Waals surface area contributed by atoms with Gasteiger partial charge in [0.1, 0.15) is 5.71 Å². The van der Waals surface area contributed by atoms with Crippen LogP contribution in [-0.4, -0.2) is 77.9 Å². The fraction of sp³-hybridized carbons (Fsp3) is 0.421. The monoisotopic (exact) mass is 395 g/mol. The van der Waals surface area contributed by atoms with Crippen molar-refractivity contribution in [2.75, 3.05) is 63.2 Å². The van der Waals surface area contributed by atoms with E-state index >= 15 is 0 Å². The second-order valence-corrected chi connectivity index (χ2v) is 7.84. The van der Waals surface area contributed by atoms with Gasteiger partial charge in [-0.25, -0.2) is 15.0 Å². The second-order valence-electron chi connectivity index (χ2n) is 7.84. The number of piperazine rings is 1. The minimum Gasteiger partial charge on any atom is -0.396 e. The molecule has 0 bridgehead atoms. The van der Waals surface area contributed by atoms with E-state index in [1.807, 2.05) is 13.0 Å². The zero-order valence-electron chi connectivity index (χ0n) is 17.1. The minimum atomic E-state index is 0.419. The van der Waals surface area contributed by atoms with Crippen molar-refractivity contribution in [3.05, 3.63) is 29.6 Å². The van der Waals surface area contributed by atoms with E-state index in [4.69, 9.17) is 16.5 Å². The van der Waals surface area contributed by atoms with Gasteiger partial charge in [0, 0.05) is 18.8 Å². The fourth-order valence-corrected chi connectivity index (χ4v) is 3.43. The zero-order valence-corrected chi connectivity index (χ0v) is 17.1. The highest BCUT2D eigenvalue weighted by molar-refractivity contribution is 6.39. The Hall–Kier alpha value is -3.27. The summed E-state index contributed by atoms with van der Waals surface area (Å²) >= 11 is 0. The lowest BCUT2D eigenvalue weighted by molar-refractivity contribution is -0.890. The molecule has 0 amide bonds. The molecule has 0 radical (unpaired) electrons. The molecule has 0 unspecified atom stereocenters. The molecule has 0 aliphatic carbocycles. The lowest BCUT2D eigenvalue weighted by Gasteiger charge is -2.39. The fourth-order valence-electron chi connectivity index (χ4n) is 3.43. The number of pyridine rings is 1. The second kappa shape index (κ2) is 7.28. The molecule has 0 saturated carbocycles. The molecule has 4 heterocycles. The predicted octanol–water partition coefficient (Wildman–Crippen LogP) is 0.228. The standard InChI is InChI=1S/C19H27N10/c1-4-22-16-5-6-23-19-15(12-24-28(16)19)25-17-13(20)11-14(21)18(26-17)27-7-9-29(2,3)10-8-27/h5-6,11-12H,4,7-10,20-21H2,1-3H3/q+1. The summed E-state index contributed by atoms with van der Waals surface area (Å²) in [6.07, 6.45) is 3.35. The summed E-state index contributed by atoms with van der Waals surface area (Å²) in [6.45, 7) is 6.45. The van der Waals surface area contributed by atoms with Crippen molar-refractivity contribution in [1.82, 2.24) is 14.6 Å². The molecule has 29 heavy (non-hydrogen) atoms. The number of hydrogen-bond donors (Lipinski definition) is 2. The number of quaternary nitrogens is 1. The van der Waals surface area contributed by atoms with Crippen LogP contribution in [0.3, 0.4) is 0 Å². The van der Waals surface area contributed by atoms with Gasteiger partial charge in [-0.3, -0.25) is 4.99 Å². The summed E-state index contributed by atoms with van der Waals surface area (Å²) in [6, 6.07) is 3.55. The molecule has 1 fully saturated rings. The van der Waals surface area contributed by atoms with Gasteiger partial charge >= 0.3 is 0 Å². The summed E-state index contributed by atoms with van der Waals surface area (Å²) < 4.78 is 2.66. The summed E-state index contributed by atoms with van der Waals surface area (Å²) in [4.78, 5) is 20.4. The van der Waals surface area contributed by atoms with E-state index < -0.39 is 0 Å². The third-order valence-electron chi connectivity index (χ3n) is 5.20. The van der Waals surface area contributed by atoms with Crippen LogP contribution in [0, 0.1) is 0 Å². The Labute approximate surface area is 169 Å². The first kappa shape index (κ1) is 19.1. The Kier molecular flexibility index (Phi) is 4.79. The molecule has 152 valence electrons. The summed E-state index contributed by atoms with van der Waals surface area (Å²) in [5, 5.41) is 4.37. The Bertz CT molecular complexity index is 1050. The van der Waals surface area contributed by atoms with E-state index in [-0.39, 0.29) is 0 Å². The van der Waals surface area contributed by atoms with E-state index in [1.165, 1.54) is 0 Å². The Morgan fingerprint density at radius 3 is 2.66 bits per heavy atom. The van der Waals surface area contributed by atoms with Gasteiger partial charge in [-0.2, -0.15) is 9.78 Å². The van der Waals surface area contributed by atoms with Gasteiger partial charge in [-0.15, -0.1) is 0 Å². The van der Waals surface area contributed by atoms with Crippen LogP contribution in [0.4, 0.5) is 23.0 Å². The summed E-state index contributed by atoms with van der Waals surface area (Å²) in [5.74, 6) is 1.75. The number of likely N-dealkylation sites (N-methyl/N-ethyl adjacent to an activating group) is 1. The number of aromatic nitrogens is 3. The van der Waals surface area contributed by atoms with E-state index in [0.29, 0.717) is 35.3 Å². The van der Waals surface area contributed by atoms with E-state index in [1.54, 1.807) is 23.2 Å². The van der Waals surface area contributed by atoms with Crippen LogP contribution in [-0.2, 0) is 0 Å². The van der Waals surface area contributed by atoms with E-state index in [9.17, 15) is 0 Å². The minimum absolute atomic E-state index is 0.419. The lowest BCUT2D eigenvalue weighted by Crippen LogP contribution is -2.55. The number of hydrogen-bond acceptors (Lipinski definition) is 8. The molecule has 10 nitrogen and oxygen atoms in total. The van der Waals surface area contributed by atoms with Crippen molar-refractivity contribution in [1.29, 1.82) is 0 Å². The molecule has 4 rings (SSSR count). The van der Waals surface area contributed by atoms with Crippen LogP contribution in [0.15, 0.2) is 33.4 Å². The summed E-state index contributed by atoms with van der Waals surface area (Å²) in [5.41, 5.74) is 14.7. The maximum atomic E-state index is 6.23. The largest absolute Gasteiger partial charge is 0.396 e. The maximum absolute atomic E-state index is 6.23. The first-order valence-electron chi connectivity index (χ1n) is 9.73. The average Bonchev–Trinajstić information content (AvgIpc) is 3.09. The van der Waals surface area contributed by atoms with Gasteiger partial charge < -0.3 is 20.9 Å². The highest BCUT2D eigenvalue weighted by Gasteiger charge is 2.27. The highest BCUT2D eigenvalue weighted by atomic mass is 15.4. The average molecular weight is 395 g/mol. The van der Waals surface area contributed by atoms with Gasteiger partial charge in [0.15, 0.2) is 22.9 Å².